The maximum Gasteiger partial charge on any atom is 0.175 e. The van der Waals surface area contributed by atoms with Gasteiger partial charge in [0.2, 0.25) is 0 Å². The topological polar surface area (TPSA) is 63.4 Å². The third-order valence-electron chi connectivity index (χ3n) is 6.01. The summed E-state index contributed by atoms with van der Waals surface area (Å²) in [6, 6.07) is 10.2. The zero-order chi connectivity index (χ0) is 21.7. The number of nitrogens with two attached hydrogens (primary N) is 1. The Morgan fingerprint density at radius 1 is 1.03 bits per heavy atom. The Bertz CT molecular complexity index is 920. The van der Waals surface area contributed by atoms with Crippen molar-refractivity contribution in [3.05, 3.63) is 65.2 Å². The largest absolute Gasteiger partial charge is 0.330 e. The fourth-order valence-electron chi connectivity index (χ4n) is 4.30. The lowest BCUT2D eigenvalue weighted by atomic mass is 9.87. The van der Waals surface area contributed by atoms with Gasteiger partial charge < -0.3 is 10.6 Å². The number of likely N-dealkylation sites (tertiary alicyclic amines) is 1. The van der Waals surface area contributed by atoms with Gasteiger partial charge in [-0.1, -0.05) is 12.1 Å². The maximum atomic E-state index is 13.9. The van der Waals surface area contributed by atoms with Crippen molar-refractivity contribution in [2.24, 2.45) is 11.7 Å². The molecule has 2 aromatic rings. The number of rotatable bonds is 8. The summed E-state index contributed by atoms with van der Waals surface area (Å²) in [5.41, 5.74) is 7.09. The summed E-state index contributed by atoms with van der Waals surface area (Å²) in [6.45, 7) is 3.54. The minimum atomic E-state index is -3.30. The smallest absolute Gasteiger partial charge is 0.175 e. The van der Waals surface area contributed by atoms with E-state index in [2.05, 4.69) is 4.90 Å². The molecular weight excluding hydrogens is 406 g/mol. The molecule has 1 unspecified atom stereocenters. The lowest BCUT2D eigenvalue weighted by molar-refractivity contribution is 0.177. The van der Waals surface area contributed by atoms with E-state index >= 15 is 0 Å². The number of hydrogen-bond donors (Lipinski definition) is 1. The van der Waals surface area contributed by atoms with Gasteiger partial charge in [0, 0.05) is 18.2 Å². The minimum absolute atomic E-state index is 0.217. The predicted molar refractivity (Wildman–Crippen MR) is 115 cm³/mol. The Kier molecular flexibility index (Phi) is 7.60. The molecule has 2 N–H and O–H groups in total. The molecule has 1 heterocycles. The van der Waals surface area contributed by atoms with Crippen molar-refractivity contribution in [3.63, 3.8) is 0 Å². The first kappa shape index (κ1) is 22.8. The zero-order valence-electron chi connectivity index (χ0n) is 17.4. The van der Waals surface area contributed by atoms with Gasteiger partial charge in [0.25, 0.3) is 0 Å². The highest BCUT2D eigenvalue weighted by molar-refractivity contribution is 7.90. The van der Waals surface area contributed by atoms with Crippen molar-refractivity contribution >= 4 is 9.84 Å². The van der Waals surface area contributed by atoms with Gasteiger partial charge >= 0.3 is 0 Å². The van der Waals surface area contributed by atoms with Gasteiger partial charge in [-0.3, -0.25) is 0 Å². The third-order valence-corrected chi connectivity index (χ3v) is 7.14. The average molecular weight is 437 g/mol. The standard InChI is InChI=1S/C23H30F2N2O2S/c1-30(28,29)22-4-2-18(3-5-22)23(19-14-20(24)16-21(25)15-19)9-13-27-11-7-17(6-10-26)8-12-27/h2-5,14-17,23H,6-13,26H2,1H3. The first-order chi connectivity index (χ1) is 14.3. The molecule has 0 saturated carbocycles. The monoisotopic (exact) mass is 436 g/mol. The van der Waals surface area contributed by atoms with E-state index in [1.54, 1.807) is 24.3 Å². The molecule has 2 aromatic carbocycles. The Balaban J connectivity index is 1.78. The van der Waals surface area contributed by atoms with Crippen molar-refractivity contribution in [2.45, 2.75) is 36.5 Å². The lowest BCUT2D eigenvalue weighted by Crippen LogP contribution is -2.35. The minimum Gasteiger partial charge on any atom is -0.330 e. The second-order valence-corrected chi connectivity index (χ2v) is 10.3. The molecule has 1 atom stereocenters. The number of piperidine rings is 1. The summed E-state index contributed by atoms with van der Waals surface area (Å²) in [7, 11) is -3.30. The molecule has 0 aliphatic carbocycles. The van der Waals surface area contributed by atoms with E-state index in [9.17, 15) is 17.2 Å². The van der Waals surface area contributed by atoms with Gasteiger partial charge in [0.15, 0.2) is 9.84 Å². The van der Waals surface area contributed by atoms with Crippen LogP contribution in [0.1, 0.15) is 42.7 Å². The van der Waals surface area contributed by atoms with Crippen LogP contribution < -0.4 is 5.73 Å². The van der Waals surface area contributed by atoms with Crippen LogP contribution in [0.4, 0.5) is 8.78 Å². The van der Waals surface area contributed by atoms with Crippen molar-refractivity contribution in [3.8, 4) is 0 Å². The summed E-state index contributed by atoms with van der Waals surface area (Å²) in [4.78, 5) is 2.62. The van der Waals surface area contributed by atoms with E-state index in [0.29, 0.717) is 17.9 Å². The van der Waals surface area contributed by atoms with E-state index in [0.717, 1.165) is 63.3 Å². The Morgan fingerprint density at radius 3 is 2.17 bits per heavy atom. The molecule has 0 spiro atoms. The number of sulfone groups is 1. The Hall–Kier alpha value is -1.83. The average Bonchev–Trinajstić information content (AvgIpc) is 2.69. The van der Waals surface area contributed by atoms with Crippen LogP contribution in [-0.2, 0) is 9.84 Å². The van der Waals surface area contributed by atoms with Gasteiger partial charge in [-0.25, -0.2) is 17.2 Å². The number of nitrogens with zero attached hydrogens (tertiary/aromatic N) is 1. The summed E-state index contributed by atoms with van der Waals surface area (Å²) in [5.74, 6) is -0.746. The fourth-order valence-corrected chi connectivity index (χ4v) is 4.93. The fraction of sp³-hybridized carbons (Fsp3) is 0.478. The molecule has 0 amide bonds. The highest BCUT2D eigenvalue weighted by atomic mass is 32.2. The van der Waals surface area contributed by atoms with Gasteiger partial charge in [-0.05, 0) is 93.2 Å². The van der Waals surface area contributed by atoms with Gasteiger partial charge in [0.05, 0.1) is 4.90 Å². The molecule has 164 valence electrons. The molecule has 30 heavy (non-hydrogen) atoms. The van der Waals surface area contributed by atoms with Crippen LogP contribution in [0.3, 0.4) is 0 Å². The van der Waals surface area contributed by atoms with Crippen LogP contribution in [0.15, 0.2) is 47.4 Å². The summed E-state index contributed by atoms with van der Waals surface area (Å²) < 4.78 is 51.3. The molecule has 1 fully saturated rings. The highest BCUT2D eigenvalue weighted by Gasteiger charge is 2.22. The summed E-state index contributed by atoms with van der Waals surface area (Å²) in [5, 5.41) is 0. The molecule has 4 nitrogen and oxygen atoms in total. The van der Waals surface area contributed by atoms with E-state index in [1.807, 2.05) is 0 Å². The number of hydrogen-bond acceptors (Lipinski definition) is 4. The van der Waals surface area contributed by atoms with E-state index in [4.69, 9.17) is 5.73 Å². The first-order valence-corrected chi connectivity index (χ1v) is 12.3. The summed E-state index contributed by atoms with van der Waals surface area (Å²) >= 11 is 0. The molecule has 7 heteroatoms. The van der Waals surface area contributed by atoms with Crippen LogP contribution >= 0.6 is 0 Å². The van der Waals surface area contributed by atoms with Crippen LogP contribution in [-0.4, -0.2) is 45.8 Å². The first-order valence-electron chi connectivity index (χ1n) is 10.4. The van der Waals surface area contributed by atoms with Crippen molar-refractivity contribution in [2.75, 3.05) is 32.4 Å². The molecule has 1 saturated heterocycles. The molecule has 3 rings (SSSR count). The molecule has 1 aliphatic heterocycles. The predicted octanol–water partition coefficient (Wildman–Crippen LogP) is 3.95. The molecule has 0 radical (unpaired) electrons. The second-order valence-electron chi connectivity index (χ2n) is 8.25. The number of halogens is 2. The van der Waals surface area contributed by atoms with Crippen molar-refractivity contribution in [1.29, 1.82) is 0 Å². The van der Waals surface area contributed by atoms with Crippen molar-refractivity contribution in [1.82, 2.24) is 4.90 Å². The highest BCUT2D eigenvalue weighted by Crippen LogP contribution is 2.31. The third kappa shape index (κ3) is 6.09. The summed E-state index contributed by atoms with van der Waals surface area (Å²) in [6.07, 6.45) is 5.17. The van der Waals surface area contributed by atoms with Crippen molar-refractivity contribution < 1.29 is 17.2 Å². The number of benzene rings is 2. The second kappa shape index (κ2) is 9.98. The zero-order valence-corrected chi connectivity index (χ0v) is 18.2. The molecule has 1 aliphatic rings. The van der Waals surface area contributed by atoms with Crippen LogP contribution in [0.25, 0.3) is 0 Å². The molecule has 0 aromatic heterocycles. The lowest BCUT2D eigenvalue weighted by Gasteiger charge is -2.33. The van der Waals surface area contributed by atoms with Crippen LogP contribution in [0.5, 0.6) is 0 Å². The Labute approximate surface area is 178 Å². The quantitative estimate of drug-likeness (QED) is 0.681. The SMILES string of the molecule is CS(=O)(=O)c1ccc(C(CCN2CCC(CCN)CC2)c2cc(F)cc(F)c2)cc1. The van der Waals surface area contributed by atoms with E-state index < -0.39 is 21.5 Å². The Morgan fingerprint density at radius 2 is 1.63 bits per heavy atom. The maximum absolute atomic E-state index is 13.9. The normalized spacial score (nSPS) is 17.2. The van der Waals surface area contributed by atoms with Gasteiger partial charge in [-0.2, -0.15) is 0 Å². The van der Waals surface area contributed by atoms with E-state index in [1.165, 1.54) is 12.1 Å². The van der Waals surface area contributed by atoms with Gasteiger partial charge in [-0.15, -0.1) is 0 Å². The molecule has 0 bridgehead atoms. The molecular formula is C23H30F2N2O2S. The van der Waals surface area contributed by atoms with Crippen LogP contribution in [0, 0.1) is 17.6 Å². The van der Waals surface area contributed by atoms with E-state index in [-0.39, 0.29) is 10.8 Å². The van der Waals surface area contributed by atoms with Crippen LogP contribution in [0.2, 0.25) is 0 Å². The van der Waals surface area contributed by atoms with Gasteiger partial charge in [0.1, 0.15) is 11.6 Å².